The highest BCUT2D eigenvalue weighted by Crippen LogP contribution is 2.24. The zero-order valence-corrected chi connectivity index (χ0v) is 14.3. The van der Waals surface area contributed by atoms with Gasteiger partial charge in [-0.2, -0.15) is 5.26 Å². The highest BCUT2D eigenvalue weighted by molar-refractivity contribution is 7.99. The smallest absolute Gasteiger partial charge is 0.234 e. The van der Waals surface area contributed by atoms with Crippen molar-refractivity contribution in [2.75, 3.05) is 11.1 Å². The van der Waals surface area contributed by atoms with Crippen LogP contribution in [0.2, 0.25) is 0 Å². The summed E-state index contributed by atoms with van der Waals surface area (Å²) in [7, 11) is 0. The van der Waals surface area contributed by atoms with Crippen molar-refractivity contribution in [1.82, 2.24) is 14.8 Å². The Morgan fingerprint density at radius 1 is 1.32 bits per heavy atom. The molecule has 2 heterocycles. The molecule has 7 nitrogen and oxygen atoms in total. The van der Waals surface area contributed by atoms with E-state index in [0.29, 0.717) is 34.5 Å². The Bertz CT molecular complexity index is 894. The van der Waals surface area contributed by atoms with Gasteiger partial charge in [0, 0.05) is 12.2 Å². The van der Waals surface area contributed by atoms with Gasteiger partial charge in [0.05, 0.1) is 23.6 Å². The molecule has 0 aliphatic carbocycles. The van der Waals surface area contributed by atoms with Gasteiger partial charge in [0.15, 0.2) is 16.7 Å². The van der Waals surface area contributed by atoms with Gasteiger partial charge in [-0.15, -0.1) is 10.2 Å². The van der Waals surface area contributed by atoms with E-state index in [2.05, 4.69) is 15.5 Å². The topological polar surface area (TPSA) is 96.7 Å². The molecule has 0 saturated carbocycles. The Morgan fingerprint density at radius 3 is 2.76 bits per heavy atom. The number of rotatable bonds is 6. The van der Waals surface area contributed by atoms with Gasteiger partial charge < -0.3 is 9.73 Å². The average molecular weight is 353 g/mol. The lowest BCUT2D eigenvalue weighted by Crippen LogP contribution is -2.14. The third-order valence-electron chi connectivity index (χ3n) is 3.40. The Morgan fingerprint density at radius 2 is 2.12 bits per heavy atom. The third kappa shape index (κ3) is 3.89. The van der Waals surface area contributed by atoms with Crippen LogP contribution in [-0.4, -0.2) is 26.4 Å². The van der Waals surface area contributed by atoms with Gasteiger partial charge in [-0.05, 0) is 43.3 Å². The number of anilines is 1. The summed E-state index contributed by atoms with van der Waals surface area (Å²) < 4.78 is 7.27. The van der Waals surface area contributed by atoms with E-state index in [4.69, 9.17) is 9.68 Å². The Kier molecular flexibility index (Phi) is 5.16. The van der Waals surface area contributed by atoms with Gasteiger partial charge in [0.25, 0.3) is 0 Å². The van der Waals surface area contributed by atoms with E-state index in [1.54, 1.807) is 36.6 Å². The van der Waals surface area contributed by atoms with Crippen molar-refractivity contribution in [3.63, 3.8) is 0 Å². The number of carbonyl (C=O) groups excluding carboxylic acids is 1. The molecule has 1 N–H and O–H groups in total. The predicted octanol–water partition coefficient (Wildman–Crippen LogP) is 3.16. The number of amides is 1. The summed E-state index contributed by atoms with van der Waals surface area (Å²) in [5.41, 5.74) is 1.20. The predicted molar refractivity (Wildman–Crippen MR) is 93.9 cm³/mol. The van der Waals surface area contributed by atoms with Crippen molar-refractivity contribution >= 4 is 23.4 Å². The van der Waals surface area contributed by atoms with Crippen LogP contribution in [0.3, 0.4) is 0 Å². The second kappa shape index (κ2) is 7.68. The van der Waals surface area contributed by atoms with Gasteiger partial charge in [-0.1, -0.05) is 11.8 Å². The summed E-state index contributed by atoms with van der Waals surface area (Å²) in [5, 5.41) is 20.5. The first-order chi connectivity index (χ1) is 12.2. The number of nitriles is 1. The lowest BCUT2D eigenvalue weighted by atomic mass is 10.2. The molecule has 0 radical (unpaired) electrons. The maximum atomic E-state index is 12.1. The molecule has 1 aromatic carbocycles. The van der Waals surface area contributed by atoms with Crippen LogP contribution in [0.15, 0.2) is 52.2 Å². The van der Waals surface area contributed by atoms with Gasteiger partial charge in [0.1, 0.15) is 0 Å². The first-order valence-electron chi connectivity index (χ1n) is 7.61. The van der Waals surface area contributed by atoms with Crippen LogP contribution in [0.25, 0.3) is 11.6 Å². The Balaban J connectivity index is 1.63. The highest BCUT2D eigenvalue weighted by Gasteiger charge is 2.16. The zero-order chi connectivity index (χ0) is 17.6. The molecule has 0 saturated heterocycles. The largest absolute Gasteiger partial charge is 0.461 e. The fraction of sp³-hybridized carbons (Fsp3) is 0.176. The van der Waals surface area contributed by atoms with Gasteiger partial charge in [-0.3, -0.25) is 9.36 Å². The molecular formula is C17H15N5O2S. The minimum atomic E-state index is -0.153. The standard InChI is InChI=1S/C17H15N5O2S/c1-2-22-16(14-4-3-9-24-14)20-21-17(22)25-11-15(23)19-13-7-5-12(10-18)6-8-13/h3-9H,2,11H2,1H3,(H,19,23). The van der Waals surface area contributed by atoms with E-state index in [1.165, 1.54) is 11.8 Å². The quantitative estimate of drug-likeness (QED) is 0.684. The molecule has 0 atom stereocenters. The molecule has 0 aliphatic heterocycles. The fourth-order valence-electron chi connectivity index (χ4n) is 2.22. The first kappa shape index (κ1) is 16.8. The van der Waals surface area contributed by atoms with E-state index < -0.39 is 0 Å². The second-order valence-corrected chi connectivity index (χ2v) is 6.00. The highest BCUT2D eigenvalue weighted by atomic mass is 32.2. The monoisotopic (exact) mass is 353 g/mol. The molecule has 0 aliphatic rings. The number of hydrogen-bond donors (Lipinski definition) is 1. The molecule has 8 heteroatoms. The van der Waals surface area contributed by atoms with Crippen LogP contribution in [-0.2, 0) is 11.3 Å². The number of benzene rings is 1. The van der Waals surface area contributed by atoms with Crippen molar-refractivity contribution in [3.05, 3.63) is 48.2 Å². The molecule has 0 fully saturated rings. The number of furan rings is 1. The van der Waals surface area contributed by atoms with Crippen molar-refractivity contribution < 1.29 is 9.21 Å². The lowest BCUT2D eigenvalue weighted by Gasteiger charge is -2.07. The number of nitrogens with one attached hydrogen (secondary N) is 1. The van der Waals surface area contributed by atoms with E-state index in [0.717, 1.165) is 0 Å². The minimum absolute atomic E-state index is 0.153. The number of aromatic nitrogens is 3. The molecule has 0 unspecified atom stereocenters. The van der Waals surface area contributed by atoms with Crippen LogP contribution >= 0.6 is 11.8 Å². The molecule has 126 valence electrons. The van der Waals surface area contributed by atoms with E-state index >= 15 is 0 Å². The maximum Gasteiger partial charge on any atom is 0.234 e. The number of carbonyl (C=O) groups is 1. The molecule has 2 aromatic heterocycles. The van der Waals surface area contributed by atoms with Crippen molar-refractivity contribution in [1.29, 1.82) is 5.26 Å². The molecule has 3 rings (SSSR count). The molecule has 1 amide bonds. The summed E-state index contributed by atoms with van der Waals surface area (Å²) in [6, 6.07) is 12.4. The number of thioether (sulfide) groups is 1. The van der Waals surface area contributed by atoms with E-state index in [9.17, 15) is 4.79 Å². The van der Waals surface area contributed by atoms with Crippen LogP contribution < -0.4 is 5.32 Å². The summed E-state index contributed by atoms with van der Waals surface area (Å²) in [6.45, 7) is 2.65. The van der Waals surface area contributed by atoms with Crippen LogP contribution in [0, 0.1) is 11.3 Å². The summed E-state index contributed by atoms with van der Waals surface area (Å²) in [4.78, 5) is 12.1. The van der Waals surface area contributed by atoms with Gasteiger partial charge in [-0.25, -0.2) is 0 Å². The third-order valence-corrected chi connectivity index (χ3v) is 4.37. The summed E-state index contributed by atoms with van der Waals surface area (Å²) in [5.74, 6) is 1.33. The van der Waals surface area contributed by atoms with Gasteiger partial charge in [0.2, 0.25) is 5.91 Å². The van der Waals surface area contributed by atoms with Crippen LogP contribution in [0.5, 0.6) is 0 Å². The number of hydrogen-bond acceptors (Lipinski definition) is 6. The first-order valence-corrected chi connectivity index (χ1v) is 8.59. The normalized spacial score (nSPS) is 10.4. The molecule has 0 bridgehead atoms. The molecule has 0 spiro atoms. The summed E-state index contributed by atoms with van der Waals surface area (Å²) in [6.07, 6.45) is 1.59. The fourth-order valence-corrected chi connectivity index (χ4v) is 3.03. The Hall–Kier alpha value is -3.05. The van der Waals surface area contributed by atoms with Gasteiger partial charge >= 0.3 is 0 Å². The van der Waals surface area contributed by atoms with E-state index in [-0.39, 0.29) is 11.7 Å². The van der Waals surface area contributed by atoms with E-state index in [1.807, 2.05) is 23.6 Å². The van der Waals surface area contributed by atoms with Crippen molar-refractivity contribution in [3.8, 4) is 17.7 Å². The maximum absolute atomic E-state index is 12.1. The molecular weight excluding hydrogens is 338 g/mol. The average Bonchev–Trinajstić information content (AvgIpc) is 3.29. The SMILES string of the molecule is CCn1c(SCC(=O)Nc2ccc(C#N)cc2)nnc1-c1ccco1. The molecule has 25 heavy (non-hydrogen) atoms. The number of nitrogens with zero attached hydrogens (tertiary/aromatic N) is 4. The van der Waals surface area contributed by atoms with Crippen molar-refractivity contribution in [2.24, 2.45) is 0 Å². The zero-order valence-electron chi connectivity index (χ0n) is 13.5. The minimum Gasteiger partial charge on any atom is -0.461 e. The molecule has 3 aromatic rings. The van der Waals surface area contributed by atoms with Crippen LogP contribution in [0.1, 0.15) is 12.5 Å². The van der Waals surface area contributed by atoms with Crippen LogP contribution in [0.4, 0.5) is 5.69 Å². The Labute approximate surface area is 148 Å². The summed E-state index contributed by atoms with van der Waals surface area (Å²) >= 11 is 1.31. The lowest BCUT2D eigenvalue weighted by molar-refractivity contribution is -0.113. The van der Waals surface area contributed by atoms with Crippen molar-refractivity contribution in [2.45, 2.75) is 18.6 Å². The second-order valence-electron chi connectivity index (χ2n) is 5.05.